The zero-order valence-corrected chi connectivity index (χ0v) is 15.7. The Morgan fingerprint density at radius 1 is 1.24 bits per heavy atom. The van der Waals surface area contributed by atoms with Crippen LogP contribution in [0.3, 0.4) is 0 Å². The fourth-order valence-corrected chi connectivity index (χ4v) is 4.37. The van der Waals surface area contributed by atoms with E-state index in [-0.39, 0.29) is 0 Å². The first-order chi connectivity index (χ1) is 12.3. The first-order valence-corrected chi connectivity index (χ1v) is 10.2. The van der Waals surface area contributed by atoms with Gasteiger partial charge in [0, 0.05) is 35.6 Å². The van der Waals surface area contributed by atoms with Crippen molar-refractivity contribution in [3.8, 4) is 5.19 Å². The molecule has 0 spiro atoms. The minimum Gasteiger partial charge on any atom is -0.469 e. The molecule has 4 nitrogen and oxygen atoms in total. The Balaban J connectivity index is 1.13. The second-order valence-electron chi connectivity index (χ2n) is 7.23. The third kappa shape index (κ3) is 4.60. The Morgan fingerprint density at radius 2 is 2.04 bits per heavy atom. The molecule has 0 radical (unpaired) electrons. The first-order valence-electron chi connectivity index (χ1n) is 9.36. The van der Waals surface area contributed by atoms with Crippen molar-refractivity contribution in [1.29, 1.82) is 0 Å². The number of aryl methyl sites for hydroxylation is 1. The van der Waals surface area contributed by atoms with Gasteiger partial charge in [-0.3, -0.25) is 4.90 Å². The highest BCUT2D eigenvalue weighted by molar-refractivity contribution is 7.13. The number of rotatable bonds is 7. The van der Waals surface area contributed by atoms with Gasteiger partial charge in [0.05, 0.1) is 0 Å². The van der Waals surface area contributed by atoms with Crippen LogP contribution in [-0.4, -0.2) is 48.2 Å². The largest absolute Gasteiger partial charge is 0.469 e. The van der Waals surface area contributed by atoms with Crippen LogP contribution >= 0.6 is 11.3 Å². The highest BCUT2D eigenvalue weighted by Gasteiger charge is 2.39. The molecule has 0 amide bonds. The van der Waals surface area contributed by atoms with Gasteiger partial charge in [0.15, 0.2) is 0 Å². The summed E-state index contributed by atoms with van der Waals surface area (Å²) in [6.45, 7) is 6.14. The number of likely N-dealkylation sites (tertiary alicyclic amines) is 1. The molecule has 0 unspecified atom stereocenters. The number of piperidine rings is 1. The Bertz CT molecular complexity index is 667. The second-order valence-corrected chi connectivity index (χ2v) is 8.42. The van der Waals surface area contributed by atoms with Crippen LogP contribution in [0.4, 0.5) is 0 Å². The summed E-state index contributed by atoms with van der Waals surface area (Å²) in [7, 11) is 0. The van der Waals surface area contributed by atoms with E-state index >= 15 is 0 Å². The molecule has 2 aliphatic rings. The van der Waals surface area contributed by atoms with Crippen molar-refractivity contribution in [2.45, 2.75) is 44.2 Å². The lowest BCUT2D eigenvalue weighted by Gasteiger charge is -2.32. The predicted octanol–water partition coefficient (Wildman–Crippen LogP) is 3.44. The Hall–Kier alpha value is -1.43. The first kappa shape index (κ1) is 17.0. The highest BCUT2D eigenvalue weighted by Crippen LogP contribution is 2.41. The van der Waals surface area contributed by atoms with Gasteiger partial charge in [-0.05, 0) is 44.8 Å². The molecule has 0 bridgehead atoms. The van der Waals surface area contributed by atoms with Crippen LogP contribution in [0.5, 0.6) is 5.19 Å². The van der Waals surface area contributed by atoms with Gasteiger partial charge in [-0.2, -0.15) is 0 Å². The molecule has 1 aromatic carbocycles. The van der Waals surface area contributed by atoms with Crippen LogP contribution in [0.25, 0.3) is 0 Å². The van der Waals surface area contributed by atoms with E-state index in [1.807, 2.05) is 6.20 Å². The van der Waals surface area contributed by atoms with E-state index in [9.17, 15) is 0 Å². The summed E-state index contributed by atoms with van der Waals surface area (Å²) in [6, 6.07) is 12.3. The van der Waals surface area contributed by atoms with E-state index in [1.54, 1.807) is 11.3 Å². The number of nitrogens with one attached hydrogen (secondary N) is 1. The van der Waals surface area contributed by atoms with Crippen LogP contribution in [-0.2, 0) is 0 Å². The summed E-state index contributed by atoms with van der Waals surface area (Å²) in [4.78, 5) is 7.97. The van der Waals surface area contributed by atoms with Crippen molar-refractivity contribution in [3.63, 3.8) is 0 Å². The van der Waals surface area contributed by atoms with Gasteiger partial charge in [0.1, 0.15) is 6.61 Å². The van der Waals surface area contributed by atoms with E-state index in [0.29, 0.717) is 12.1 Å². The Morgan fingerprint density at radius 3 is 2.76 bits per heavy atom. The fraction of sp³-hybridized carbons (Fsp3) is 0.550. The molecule has 4 rings (SSSR count). The van der Waals surface area contributed by atoms with Crippen LogP contribution in [0.2, 0.25) is 0 Å². The molecule has 25 heavy (non-hydrogen) atoms. The number of aromatic nitrogens is 1. The van der Waals surface area contributed by atoms with E-state index in [4.69, 9.17) is 4.74 Å². The molecule has 5 heteroatoms. The lowest BCUT2D eigenvalue weighted by molar-refractivity contribution is 0.164. The summed E-state index contributed by atoms with van der Waals surface area (Å²) < 4.78 is 5.74. The quantitative estimate of drug-likeness (QED) is 0.824. The van der Waals surface area contributed by atoms with E-state index in [0.717, 1.165) is 24.3 Å². The summed E-state index contributed by atoms with van der Waals surface area (Å²) in [5.74, 6) is 0.731. The highest BCUT2D eigenvalue weighted by atomic mass is 32.1. The van der Waals surface area contributed by atoms with Crippen molar-refractivity contribution in [1.82, 2.24) is 15.2 Å². The van der Waals surface area contributed by atoms with Crippen molar-refractivity contribution in [3.05, 3.63) is 47.0 Å². The third-order valence-corrected chi connectivity index (χ3v) is 6.11. The topological polar surface area (TPSA) is 37.4 Å². The number of hydrogen-bond acceptors (Lipinski definition) is 5. The van der Waals surface area contributed by atoms with Gasteiger partial charge in [0.25, 0.3) is 5.19 Å². The minimum atomic E-state index is 0.678. The van der Waals surface area contributed by atoms with Crippen molar-refractivity contribution < 1.29 is 4.74 Å². The van der Waals surface area contributed by atoms with Crippen molar-refractivity contribution in [2.24, 2.45) is 0 Å². The smallest absolute Gasteiger partial charge is 0.273 e. The zero-order valence-electron chi connectivity index (χ0n) is 14.9. The van der Waals surface area contributed by atoms with Gasteiger partial charge < -0.3 is 10.1 Å². The van der Waals surface area contributed by atoms with E-state index < -0.39 is 0 Å². The standard InChI is InChI=1S/C20H27N3OS/c1-15-14-21-20(25-15)24-12-11-23-9-7-17(8-10-23)22-19-13-18(19)16-5-3-2-4-6-16/h2-6,14,17-19,22H,7-13H2,1H3/t18-,19+/m0/s1. The van der Waals surface area contributed by atoms with Crippen LogP contribution < -0.4 is 10.1 Å². The van der Waals surface area contributed by atoms with Gasteiger partial charge in [-0.15, -0.1) is 0 Å². The monoisotopic (exact) mass is 357 g/mol. The van der Waals surface area contributed by atoms with Gasteiger partial charge >= 0.3 is 0 Å². The summed E-state index contributed by atoms with van der Waals surface area (Å²) in [5, 5.41) is 4.68. The molecular formula is C20H27N3OS. The van der Waals surface area contributed by atoms with Gasteiger partial charge in [-0.1, -0.05) is 41.7 Å². The molecular weight excluding hydrogens is 330 g/mol. The predicted molar refractivity (Wildman–Crippen MR) is 103 cm³/mol. The normalized spacial score (nSPS) is 24.4. The maximum Gasteiger partial charge on any atom is 0.273 e. The van der Waals surface area contributed by atoms with Gasteiger partial charge in [0.2, 0.25) is 0 Å². The molecule has 1 aliphatic carbocycles. The number of nitrogens with zero attached hydrogens (tertiary/aromatic N) is 2. The number of benzene rings is 1. The molecule has 1 saturated heterocycles. The maximum atomic E-state index is 5.74. The molecule has 1 aromatic heterocycles. The number of hydrogen-bond donors (Lipinski definition) is 1. The van der Waals surface area contributed by atoms with Crippen LogP contribution in [0, 0.1) is 6.92 Å². The van der Waals surface area contributed by atoms with Crippen LogP contribution in [0.15, 0.2) is 36.5 Å². The molecule has 1 N–H and O–H groups in total. The Kier molecular flexibility index (Phi) is 5.34. The van der Waals surface area contributed by atoms with Gasteiger partial charge in [-0.25, -0.2) is 4.98 Å². The molecule has 134 valence electrons. The summed E-state index contributed by atoms with van der Waals surface area (Å²) in [6.07, 6.45) is 5.66. The average Bonchev–Trinajstić information content (AvgIpc) is 3.29. The van der Waals surface area contributed by atoms with E-state index in [2.05, 4.69) is 52.5 Å². The molecule has 1 aliphatic heterocycles. The minimum absolute atomic E-state index is 0.678. The molecule has 1 saturated carbocycles. The average molecular weight is 358 g/mol. The Labute approximate surface area is 154 Å². The number of ether oxygens (including phenoxy) is 1. The van der Waals surface area contributed by atoms with Crippen molar-refractivity contribution >= 4 is 11.3 Å². The molecule has 2 atom stereocenters. The lowest BCUT2D eigenvalue weighted by Crippen LogP contribution is -2.44. The number of thiazole rings is 1. The van der Waals surface area contributed by atoms with Crippen molar-refractivity contribution in [2.75, 3.05) is 26.2 Å². The fourth-order valence-electron chi connectivity index (χ4n) is 3.74. The molecule has 2 aromatic rings. The zero-order chi connectivity index (χ0) is 17.1. The summed E-state index contributed by atoms with van der Waals surface area (Å²) >= 11 is 1.62. The van der Waals surface area contributed by atoms with E-state index in [1.165, 1.54) is 42.8 Å². The molecule has 2 fully saturated rings. The maximum absolute atomic E-state index is 5.74. The molecule has 2 heterocycles. The second kappa shape index (κ2) is 7.85. The SMILES string of the molecule is Cc1cnc(OCCN2CCC(N[C@@H]3C[C@H]3c3ccccc3)CC2)s1. The lowest BCUT2D eigenvalue weighted by atomic mass is 10.0. The summed E-state index contributed by atoms with van der Waals surface area (Å²) in [5.41, 5.74) is 1.49. The van der Waals surface area contributed by atoms with Crippen LogP contribution in [0.1, 0.15) is 35.6 Å². The third-order valence-electron chi connectivity index (χ3n) is 5.29.